The highest BCUT2D eigenvalue weighted by Gasteiger charge is 2.32. The minimum atomic E-state index is 0.161. The standard InChI is InChI=1S/C21H26N4O2/c1-12(2)15-10-26-20(22-15)18-17(14-8-6-5-7-9-14)19(25-24-18)21-23-16(11-27-21)13(3)4/h5-9,12-13,15-16H,10-11H2,1-4H3,(H,24,25)/t15-,16-/m1/s1. The van der Waals surface area contributed by atoms with E-state index in [0.717, 1.165) is 22.5 Å². The Labute approximate surface area is 159 Å². The number of nitrogens with one attached hydrogen (secondary N) is 1. The number of hydrogen-bond donors (Lipinski definition) is 1. The number of nitrogens with zero attached hydrogens (tertiary/aromatic N) is 3. The van der Waals surface area contributed by atoms with Crippen molar-refractivity contribution < 1.29 is 9.47 Å². The molecule has 6 heteroatoms. The number of aromatic nitrogens is 2. The van der Waals surface area contributed by atoms with Crippen LogP contribution in [0.2, 0.25) is 0 Å². The summed E-state index contributed by atoms with van der Waals surface area (Å²) in [6, 6.07) is 10.5. The van der Waals surface area contributed by atoms with Gasteiger partial charge in [0.1, 0.15) is 18.9 Å². The Hall–Kier alpha value is -2.63. The Morgan fingerprint density at radius 1 is 0.889 bits per heavy atom. The van der Waals surface area contributed by atoms with Crippen molar-refractivity contribution in [3.8, 4) is 11.1 Å². The van der Waals surface area contributed by atoms with E-state index in [2.05, 4.69) is 50.0 Å². The molecule has 6 nitrogen and oxygen atoms in total. The molecule has 0 saturated carbocycles. The first kappa shape index (κ1) is 17.8. The van der Waals surface area contributed by atoms with Crippen molar-refractivity contribution >= 4 is 11.8 Å². The SMILES string of the molecule is CC(C)[C@H]1COC(c2n[nH]c(C3=N[C@@H](C(C)C)CO3)c2-c2ccccc2)=N1. The summed E-state index contributed by atoms with van der Waals surface area (Å²) in [6.45, 7) is 9.82. The molecule has 3 heterocycles. The van der Waals surface area contributed by atoms with Crippen LogP contribution in [0.4, 0.5) is 0 Å². The highest BCUT2D eigenvalue weighted by molar-refractivity contribution is 6.07. The van der Waals surface area contributed by atoms with Gasteiger partial charge in [0, 0.05) is 5.56 Å². The zero-order valence-corrected chi connectivity index (χ0v) is 16.3. The summed E-state index contributed by atoms with van der Waals surface area (Å²) in [5, 5.41) is 7.67. The maximum Gasteiger partial charge on any atom is 0.238 e. The third kappa shape index (κ3) is 3.36. The van der Waals surface area contributed by atoms with Crippen LogP contribution in [0, 0.1) is 11.8 Å². The number of aromatic amines is 1. The largest absolute Gasteiger partial charge is 0.474 e. The summed E-state index contributed by atoms with van der Waals surface area (Å²) in [5.74, 6) is 2.06. The smallest absolute Gasteiger partial charge is 0.238 e. The number of rotatable bonds is 5. The highest BCUT2D eigenvalue weighted by Crippen LogP contribution is 2.31. The molecule has 142 valence electrons. The summed E-state index contributed by atoms with van der Waals surface area (Å²) in [5.41, 5.74) is 3.48. The molecule has 0 spiro atoms. The Kier molecular flexibility index (Phi) is 4.72. The van der Waals surface area contributed by atoms with Crippen LogP contribution < -0.4 is 0 Å². The van der Waals surface area contributed by atoms with Gasteiger partial charge in [-0.05, 0) is 17.4 Å². The maximum absolute atomic E-state index is 5.91. The fourth-order valence-electron chi connectivity index (χ4n) is 3.27. The first-order valence-electron chi connectivity index (χ1n) is 9.60. The molecule has 2 atom stereocenters. The van der Waals surface area contributed by atoms with Crippen molar-refractivity contribution in [2.75, 3.05) is 13.2 Å². The zero-order valence-electron chi connectivity index (χ0n) is 16.3. The van der Waals surface area contributed by atoms with E-state index in [1.165, 1.54) is 0 Å². The Morgan fingerprint density at radius 2 is 1.48 bits per heavy atom. The molecule has 2 aliphatic heterocycles. The van der Waals surface area contributed by atoms with E-state index in [1.54, 1.807) is 0 Å². The molecule has 0 saturated heterocycles. The molecule has 0 aliphatic carbocycles. The average molecular weight is 366 g/mol. The molecule has 2 aliphatic rings. The van der Waals surface area contributed by atoms with E-state index >= 15 is 0 Å². The summed E-state index contributed by atoms with van der Waals surface area (Å²) >= 11 is 0. The Bertz CT molecular complexity index is 816. The van der Waals surface area contributed by atoms with Gasteiger partial charge in [-0.25, -0.2) is 9.98 Å². The third-order valence-electron chi connectivity index (χ3n) is 5.13. The van der Waals surface area contributed by atoms with Crippen LogP contribution in [0.25, 0.3) is 11.1 Å². The highest BCUT2D eigenvalue weighted by atomic mass is 16.5. The predicted molar refractivity (Wildman–Crippen MR) is 106 cm³/mol. The minimum absolute atomic E-state index is 0.161. The monoisotopic (exact) mass is 366 g/mol. The lowest BCUT2D eigenvalue weighted by Gasteiger charge is -2.07. The molecule has 0 fully saturated rings. The molecule has 1 N–H and O–H groups in total. The van der Waals surface area contributed by atoms with E-state index < -0.39 is 0 Å². The molecule has 4 rings (SSSR count). The van der Waals surface area contributed by atoms with Gasteiger partial charge in [0.15, 0.2) is 5.69 Å². The van der Waals surface area contributed by atoms with E-state index in [-0.39, 0.29) is 12.1 Å². The van der Waals surface area contributed by atoms with E-state index in [9.17, 15) is 0 Å². The fraction of sp³-hybridized carbons (Fsp3) is 0.476. The number of benzene rings is 1. The lowest BCUT2D eigenvalue weighted by atomic mass is 10.0. The van der Waals surface area contributed by atoms with Crippen LogP contribution in [0.1, 0.15) is 39.1 Å². The molecule has 27 heavy (non-hydrogen) atoms. The van der Waals surface area contributed by atoms with Gasteiger partial charge in [0.2, 0.25) is 11.8 Å². The zero-order chi connectivity index (χ0) is 19.0. The van der Waals surface area contributed by atoms with Gasteiger partial charge < -0.3 is 9.47 Å². The molecule has 1 aromatic heterocycles. The number of aliphatic imine (C=N–C) groups is 2. The minimum Gasteiger partial charge on any atom is -0.474 e. The first-order chi connectivity index (χ1) is 13.0. The van der Waals surface area contributed by atoms with Gasteiger partial charge in [-0.3, -0.25) is 5.10 Å². The van der Waals surface area contributed by atoms with Crippen LogP contribution in [-0.4, -0.2) is 47.3 Å². The van der Waals surface area contributed by atoms with Crippen LogP contribution in [0.15, 0.2) is 40.3 Å². The number of ether oxygens (including phenoxy) is 2. The van der Waals surface area contributed by atoms with Crippen molar-refractivity contribution in [3.05, 3.63) is 41.7 Å². The second-order valence-electron chi connectivity index (χ2n) is 7.80. The molecule has 0 radical (unpaired) electrons. The van der Waals surface area contributed by atoms with Crippen LogP contribution in [-0.2, 0) is 9.47 Å². The topological polar surface area (TPSA) is 71.9 Å². The van der Waals surface area contributed by atoms with Gasteiger partial charge in [-0.15, -0.1) is 0 Å². The maximum atomic E-state index is 5.91. The normalized spacial score (nSPS) is 22.0. The van der Waals surface area contributed by atoms with E-state index in [0.29, 0.717) is 36.8 Å². The molecule has 0 bridgehead atoms. The fourth-order valence-corrected chi connectivity index (χ4v) is 3.27. The van der Waals surface area contributed by atoms with Gasteiger partial charge in [-0.2, -0.15) is 5.10 Å². The number of H-pyrrole nitrogens is 1. The van der Waals surface area contributed by atoms with Crippen LogP contribution in [0.5, 0.6) is 0 Å². The van der Waals surface area contributed by atoms with Gasteiger partial charge in [0.25, 0.3) is 0 Å². The van der Waals surface area contributed by atoms with Crippen molar-refractivity contribution in [1.82, 2.24) is 10.2 Å². The Morgan fingerprint density at radius 3 is 2.07 bits per heavy atom. The van der Waals surface area contributed by atoms with Crippen molar-refractivity contribution in [2.45, 2.75) is 39.8 Å². The molecule has 1 aromatic carbocycles. The summed E-state index contributed by atoms with van der Waals surface area (Å²) in [4.78, 5) is 9.53. The average Bonchev–Trinajstić information content (AvgIpc) is 3.39. The van der Waals surface area contributed by atoms with Crippen LogP contribution in [0.3, 0.4) is 0 Å². The van der Waals surface area contributed by atoms with Crippen LogP contribution >= 0.6 is 0 Å². The predicted octanol–water partition coefficient (Wildman–Crippen LogP) is 3.68. The lowest BCUT2D eigenvalue weighted by molar-refractivity contribution is 0.291. The Balaban J connectivity index is 1.79. The molecule has 0 unspecified atom stereocenters. The second kappa shape index (κ2) is 7.18. The quantitative estimate of drug-likeness (QED) is 0.877. The molecule has 0 amide bonds. The molecule has 2 aromatic rings. The van der Waals surface area contributed by atoms with Crippen molar-refractivity contribution in [3.63, 3.8) is 0 Å². The summed E-state index contributed by atoms with van der Waals surface area (Å²) in [7, 11) is 0. The van der Waals surface area contributed by atoms with Crippen molar-refractivity contribution in [2.24, 2.45) is 21.8 Å². The van der Waals surface area contributed by atoms with Gasteiger partial charge in [-0.1, -0.05) is 58.0 Å². The second-order valence-corrected chi connectivity index (χ2v) is 7.80. The van der Waals surface area contributed by atoms with Crippen molar-refractivity contribution in [1.29, 1.82) is 0 Å². The molecular formula is C21H26N4O2. The van der Waals surface area contributed by atoms with Gasteiger partial charge in [0.05, 0.1) is 12.1 Å². The third-order valence-corrected chi connectivity index (χ3v) is 5.13. The summed E-state index contributed by atoms with van der Waals surface area (Å²) < 4.78 is 11.8. The lowest BCUT2D eigenvalue weighted by Crippen LogP contribution is -2.13. The molecular weight excluding hydrogens is 340 g/mol. The van der Waals surface area contributed by atoms with E-state index in [1.807, 2.05) is 18.2 Å². The summed E-state index contributed by atoms with van der Waals surface area (Å²) in [6.07, 6.45) is 0. The van der Waals surface area contributed by atoms with E-state index in [4.69, 9.17) is 19.5 Å². The number of hydrogen-bond acceptors (Lipinski definition) is 5. The van der Waals surface area contributed by atoms with Gasteiger partial charge >= 0.3 is 0 Å². The first-order valence-corrected chi connectivity index (χ1v) is 9.60.